The largest absolute Gasteiger partial charge is 0.478 e. The van der Waals surface area contributed by atoms with Crippen LogP contribution in [-0.2, 0) is 0 Å². The number of carbonyl (C=O) groups excluding carboxylic acids is 1. The Kier molecular flexibility index (Phi) is 4.29. The molecule has 0 spiro atoms. The lowest BCUT2D eigenvalue weighted by Gasteiger charge is -2.19. The molecule has 0 aliphatic heterocycles. The van der Waals surface area contributed by atoms with Crippen LogP contribution < -0.4 is 4.90 Å². The Balaban J connectivity index is 2.40. The minimum Gasteiger partial charge on any atom is -0.478 e. The predicted octanol–water partition coefficient (Wildman–Crippen LogP) is 3.62. The van der Waals surface area contributed by atoms with E-state index in [0.717, 1.165) is 5.56 Å². The van der Waals surface area contributed by atoms with Gasteiger partial charge in [0.2, 0.25) is 0 Å². The first-order valence-corrected chi connectivity index (χ1v) is 6.66. The van der Waals surface area contributed by atoms with Gasteiger partial charge in [0.25, 0.3) is 5.91 Å². The molecule has 0 bridgehead atoms. The van der Waals surface area contributed by atoms with Crippen LogP contribution in [0.2, 0.25) is 5.02 Å². The lowest BCUT2D eigenvalue weighted by Crippen LogP contribution is -2.28. The van der Waals surface area contributed by atoms with Gasteiger partial charge in [0.15, 0.2) is 0 Å². The van der Waals surface area contributed by atoms with E-state index in [0.29, 0.717) is 16.3 Å². The van der Waals surface area contributed by atoms with Gasteiger partial charge < -0.3 is 10.0 Å². The molecule has 5 heteroatoms. The van der Waals surface area contributed by atoms with E-state index < -0.39 is 5.97 Å². The summed E-state index contributed by atoms with van der Waals surface area (Å²) in [4.78, 5) is 25.0. The lowest BCUT2D eigenvalue weighted by atomic mass is 10.1. The SMILES string of the molecule is Cc1cc(C(=O)N(C)c2ccccc2C(=O)O)ccc1Cl. The second-order valence-electron chi connectivity index (χ2n) is 4.65. The predicted molar refractivity (Wildman–Crippen MR) is 82.3 cm³/mol. The number of hydrogen-bond acceptors (Lipinski definition) is 2. The first-order chi connectivity index (χ1) is 9.91. The second-order valence-corrected chi connectivity index (χ2v) is 5.06. The third-order valence-corrected chi connectivity index (χ3v) is 3.63. The molecule has 0 fully saturated rings. The average Bonchev–Trinajstić information content (AvgIpc) is 2.48. The van der Waals surface area contributed by atoms with E-state index in [9.17, 15) is 14.7 Å². The summed E-state index contributed by atoms with van der Waals surface area (Å²) in [5.74, 6) is -1.36. The zero-order valence-corrected chi connectivity index (χ0v) is 12.4. The number of hydrogen-bond donors (Lipinski definition) is 1. The Bertz CT molecular complexity index is 712. The van der Waals surface area contributed by atoms with Crippen LogP contribution in [-0.4, -0.2) is 24.0 Å². The van der Waals surface area contributed by atoms with Gasteiger partial charge in [-0.1, -0.05) is 23.7 Å². The standard InChI is InChI=1S/C16H14ClNO3/c1-10-9-11(7-8-13(10)17)15(19)18(2)14-6-4-3-5-12(14)16(20)21/h3-9H,1-2H3,(H,20,21). The summed E-state index contributed by atoms with van der Waals surface area (Å²) in [5.41, 5.74) is 1.68. The fourth-order valence-corrected chi connectivity index (χ4v) is 2.15. The highest BCUT2D eigenvalue weighted by Gasteiger charge is 2.19. The van der Waals surface area contributed by atoms with Crippen LogP contribution >= 0.6 is 11.6 Å². The maximum atomic E-state index is 12.5. The highest BCUT2D eigenvalue weighted by molar-refractivity contribution is 6.31. The molecule has 0 saturated carbocycles. The van der Waals surface area contributed by atoms with E-state index >= 15 is 0 Å². The zero-order chi connectivity index (χ0) is 15.6. The van der Waals surface area contributed by atoms with Gasteiger partial charge in [-0.05, 0) is 42.8 Å². The number of anilines is 1. The number of carboxylic acid groups (broad SMARTS) is 1. The summed E-state index contributed by atoms with van der Waals surface area (Å²) in [5, 5.41) is 9.78. The van der Waals surface area contributed by atoms with Gasteiger partial charge in [-0.25, -0.2) is 4.79 Å². The number of benzene rings is 2. The molecule has 0 unspecified atom stereocenters. The van der Waals surface area contributed by atoms with Gasteiger partial charge in [-0.15, -0.1) is 0 Å². The Hall–Kier alpha value is -2.33. The van der Waals surface area contributed by atoms with Crippen LogP contribution in [0.1, 0.15) is 26.3 Å². The summed E-state index contributed by atoms with van der Waals surface area (Å²) in [7, 11) is 1.55. The number of halogens is 1. The van der Waals surface area contributed by atoms with Crippen molar-refractivity contribution in [2.45, 2.75) is 6.92 Å². The van der Waals surface area contributed by atoms with Crippen LogP contribution in [0.15, 0.2) is 42.5 Å². The van der Waals surface area contributed by atoms with Crippen LogP contribution in [0, 0.1) is 6.92 Å². The first-order valence-electron chi connectivity index (χ1n) is 6.28. The third kappa shape index (κ3) is 3.06. The van der Waals surface area contributed by atoms with Crippen molar-refractivity contribution in [2.75, 3.05) is 11.9 Å². The average molecular weight is 304 g/mol. The summed E-state index contributed by atoms with van der Waals surface area (Å²) in [6.45, 7) is 1.81. The fourth-order valence-electron chi connectivity index (χ4n) is 2.03. The molecule has 0 atom stereocenters. The number of amides is 1. The minimum absolute atomic E-state index is 0.0824. The Labute approximate surface area is 127 Å². The van der Waals surface area contributed by atoms with Gasteiger partial charge in [0, 0.05) is 17.6 Å². The van der Waals surface area contributed by atoms with Gasteiger partial charge in [0.05, 0.1) is 11.3 Å². The number of aromatic carboxylic acids is 1. The summed E-state index contributed by atoms with van der Waals surface area (Å²) >= 11 is 5.95. The van der Waals surface area contributed by atoms with Gasteiger partial charge in [0.1, 0.15) is 0 Å². The highest BCUT2D eigenvalue weighted by atomic mass is 35.5. The summed E-state index contributed by atoms with van der Waals surface area (Å²) in [6.07, 6.45) is 0. The molecule has 1 N–H and O–H groups in total. The smallest absolute Gasteiger partial charge is 0.337 e. The third-order valence-electron chi connectivity index (χ3n) is 3.21. The zero-order valence-electron chi connectivity index (χ0n) is 11.6. The summed E-state index contributed by atoms with van der Waals surface area (Å²) in [6, 6.07) is 11.3. The van der Waals surface area contributed by atoms with Crippen molar-refractivity contribution in [3.63, 3.8) is 0 Å². The molecule has 0 saturated heterocycles. The molecule has 2 rings (SSSR count). The van der Waals surface area contributed by atoms with E-state index in [1.807, 2.05) is 6.92 Å². The quantitative estimate of drug-likeness (QED) is 0.942. The van der Waals surface area contributed by atoms with E-state index in [-0.39, 0.29) is 11.5 Å². The highest BCUT2D eigenvalue weighted by Crippen LogP contribution is 2.23. The summed E-state index contributed by atoms with van der Waals surface area (Å²) < 4.78 is 0. The second kappa shape index (κ2) is 5.97. The molecule has 0 aliphatic carbocycles. The number of aryl methyl sites for hydroxylation is 1. The Morgan fingerprint density at radius 2 is 1.81 bits per heavy atom. The minimum atomic E-state index is -1.07. The Morgan fingerprint density at radius 1 is 1.14 bits per heavy atom. The van der Waals surface area contributed by atoms with Crippen LogP contribution in [0.4, 0.5) is 5.69 Å². The molecular formula is C16H14ClNO3. The van der Waals surface area contributed by atoms with E-state index in [1.165, 1.54) is 11.0 Å². The molecule has 0 heterocycles. The number of nitrogens with zero attached hydrogens (tertiary/aromatic N) is 1. The molecule has 1 amide bonds. The van der Waals surface area contributed by atoms with E-state index in [1.54, 1.807) is 43.4 Å². The van der Waals surface area contributed by atoms with Crippen LogP contribution in [0.5, 0.6) is 0 Å². The molecule has 0 aromatic heterocycles. The van der Waals surface area contributed by atoms with Crippen molar-refractivity contribution in [1.29, 1.82) is 0 Å². The van der Waals surface area contributed by atoms with Crippen molar-refractivity contribution in [3.05, 3.63) is 64.2 Å². The maximum Gasteiger partial charge on any atom is 0.337 e. The molecule has 0 aliphatic rings. The fraction of sp³-hybridized carbons (Fsp3) is 0.125. The van der Waals surface area contributed by atoms with Crippen molar-refractivity contribution >= 4 is 29.2 Å². The van der Waals surface area contributed by atoms with Crippen molar-refractivity contribution in [1.82, 2.24) is 0 Å². The molecule has 108 valence electrons. The molecule has 2 aromatic rings. The van der Waals surface area contributed by atoms with Gasteiger partial charge >= 0.3 is 5.97 Å². The lowest BCUT2D eigenvalue weighted by molar-refractivity contribution is 0.0697. The Morgan fingerprint density at radius 3 is 2.43 bits per heavy atom. The number of carboxylic acids is 1. The molecular weight excluding hydrogens is 290 g/mol. The van der Waals surface area contributed by atoms with E-state index in [2.05, 4.69) is 0 Å². The molecule has 21 heavy (non-hydrogen) atoms. The number of rotatable bonds is 3. The number of carbonyl (C=O) groups is 2. The monoisotopic (exact) mass is 303 g/mol. The molecule has 2 aromatic carbocycles. The van der Waals surface area contributed by atoms with Crippen molar-refractivity contribution in [3.8, 4) is 0 Å². The van der Waals surface area contributed by atoms with Gasteiger partial charge in [-0.3, -0.25) is 4.79 Å². The van der Waals surface area contributed by atoms with Crippen LogP contribution in [0.3, 0.4) is 0 Å². The normalized spacial score (nSPS) is 10.2. The molecule has 4 nitrogen and oxygen atoms in total. The van der Waals surface area contributed by atoms with E-state index in [4.69, 9.17) is 11.6 Å². The van der Waals surface area contributed by atoms with Crippen LogP contribution in [0.25, 0.3) is 0 Å². The molecule has 0 radical (unpaired) electrons. The van der Waals surface area contributed by atoms with Crippen molar-refractivity contribution < 1.29 is 14.7 Å². The number of para-hydroxylation sites is 1. The van der Waals surface area contributed by atoms with Crippen molar-refractivity contribution in [2.24, 2.45) is 0 Å². The topological polar surface area (TPSA) is 57.6 Å². The van der Waals surface area contributed by atoms with Gasteiger partial charge in [-0.2, -0.15) is 0 Å². The first kappa shape index (κ1) is 15.1. The maximum absolute atomic E-state index is 12.5.